The Morgan fingerprint density at radius 3 is 1.05 bits per heavy atom. The molecule has 0 aliphatic rings. The normalized spacial score (nSPS) is 10.5. The summed E-state index contributed by atoms with van der Waals surface area (Å²) in [5, 5.41) is 9.16. The monoisotopic (exact) mass is 1020 g/mol. The molecule has 0 unspecified atom stereocenters. The maximum absolute atomic E-state index is 9.16. The lowest BCUT2D eigenvalue weighted by Gasteiger charge is -2.17. The van der Waals surface area contributed by atoms with Gasteiger partial charge in [0.1, 0.15) is 38.1 Å². The Morgan fingerprint density at radius 1 is 0.421 bits per heavy atom. The third kappa shape index (κ3) is 12.9. The first-order valence-electron chi connectivity index (χ1n) is 24.2. The highest BCUT2D eigenvalue weighted by Gasteiger charge is 2.16. The Bertz CT molecular complexity index is 3180. The number of benzene rings is 4. The summed E-state index contributed by atoms with van der Waals surface area (Å²) < 4.78 is 44.9. The Kier molecular flexibility index (Phi) is 18.8. The number of nitrogens with two attached hydrogens (primary N) is 2. The number of aromatic nitrogens is 4. The van der Waals surface area contributed by atoms with E-state index < -0.39 is 0 Å². The van der Waals surface area contributed by atoms with Crippen LogP contribution in [-0.4, -0.2) is 48.4 Å². The maximum Gasteiger partial charge on any atom is 0.247 e. The van der Waals surface area contributed by atoms with Crippen LogP contribution in [0.2, 0.25) is 0 Å². The second-order valence-electron chi connectivity index (χ2n) is 17.2. The molecule has 0 fully saturated rings. The lowest BCUT2D eigenvalue weighted by molar-refractivity contribution is 0.285. The summed E-state index contributed by atoms with van der Waals surface area (Å²) in [4.78, 5) is 20.8. The van der Waals surface area contributed by atoms with Gasteiger partial charge in [0.2, 0.25) is 52.7 Å². The van der Waals surface area contributed by atoms with Crippen molar-refractivity contribution in [1.29, 1.82) is 5.26 Å². The molecule has 16 heteroatoms. The number of hydrogen-bond donors (Lipinski definition) is 2. The molecule has 4 aromatic heterocycles. The predicted octanol–water partition coefficient (Wildman–Crippen LogP) is 11.2. The Hall–Kier alpha value is -9.22. The van der Waals surface area contributed by atoms with Gasteiger partial charge in [-0.2, -0.15) is 25.2 Å². The number of nitrogens with zero attached hydrogens (tertiary/aromatic N) is 6. The van der Waals surface area contributed by atoms with Crippen LogP contribution in [0.1, 0.15) is 61.2 Å². The van der Waals surface area contributed by atoms with Crippen molar-refractivity contribution in [2.24, 2.45) is 11.5 Å². The minimum Gasteiger partial charge on any atom is -0.490 e. The quantitative estimate of drug-likeness (QED) is 0.0681. The Balaban J connectivity index is 0.000000221. The summed E-state index contributed by atoms with van der Waals surface area (Å²) in [6.07, 6.45) is 0. The molecule has 0 saturated heterocycles. The number of ether oxygens (including phenoxy) is 8. The fraction of sp³-hybridized carbons (Fsp3) is 0.233. The zero-order chi connectivity index (χ0) is 54.1. The zero-order valence-corrected chi connectivity index (χ0v) is 43.9. The van der Waals surface area contributed by atoms with Crippen molar-refractivity contribution >= 4 is 5.69 Å². The van der Waals surface area contributed by atoms with Gasteiger partial charge in [0.15, 0.2) is 0 Å². The summed E-state index contributed by atoms with van der Waals surface area (Å²) in [7, 11) is 6.10. The topological polar surface area (TPSA) is 206 Å². The molecule has 0 aliphatic carbocycles. The van der Waals surface area contributed by atoms with Crippen LogP contribution < -0.4 is 49.4 Å². The van der Waals surface area contributed by atoms with E-state index in [0.29, 0.717) is 86.0 Å². The molecule has 8 rings (SSSR count). The van der Waals surface area contributed by atoms with E-state index in [1.54, 1.807) is 38.5 Å². The molecule has 76 heavy (non-hydrogen) atoms. The molecule has 4 N–H and O–H groups in total. The summed E-state index contributed by atoms with van der Waals surface area (Å²) >= 11 is 0. The van der Waals surface area contributed by atoms with E-state index in [9.17, 15) is 0 Å². The predicted molar refractivity (Wildman–Crippen MR) is 290 cm³/mol. The molecule has 0 spiro atoms. The van der Waals surface area contributed by atoms with Gasteiger partial charge < -0.3 is 49.4 Å². The highest BCUT2D eigenvalue weighted by Crippen LogP contribution is 2.34. The van der Waals surface area contributed by atoms with Crippen LogP contribution >= 0.6 is 0 Å². The van der Waals surface area contributed by atoms with Crippen molar-refractivity contribution < 1.29 is 37.9 Å². The van der Waals surface area contributed by atoms with Crippen LogP contribution in [0.4, 0.5) is 5.69 Å². The number of nitriles is 1. The van der Waals surface area contributed by atoms with Crippen LogP contribution in [0.5, 0.6) is 47.0 Å². The first-order valence-corrected chi connectivity index (χ1v) is 24.2. The van der Waals surface area contributed by atoms with Gasteiger partial charge in [-0.05, 0) is 125 Å². The number of hydrogen-bond acceptors (Lipinski definition) is 15. The molecule has 0 radical (unpaired) electrons. The summed E-state index contributed by atoms with van der Waals surface area (Å²) in [6, 6.07) is 40.7. The minimum absolute atomic E-state index is 0.237. The number of rotatable bonds is 20. The first-order chi connectivity index (χ1) is 37.0. The highest BCUT2D eigenvalue weighted by molar-refractivity contribution is 5.74. The van der Waals surface area contributed by atoms with Gasteiger partial charge in [0.05, 0.1) is 35.0 Å². The van der Waals surface area contributed by atoms with Gasteiger partial charge in [0, 0.05) is 42.4 Å². The van der Waals surface area contributed by atoms with Crippen LogP contribution in [0.15, 0.2) is 121 Å². The molecule has 4 aromatic carbocycles. The van der Waals surface area contributed by atoms with Crippen molar-refractivity contribution in [2.45, 2.75) is 67.2 Å². The SMILES string of the molecule is COc1nc(OCc2cccc(-c3cccc(COc4ccc(CN)c(OC)n4)c3C)c2C)ccc1CN.[C-]#[N+]c1ccc(OCc2cccc(-c3cccc(COc4ccc(C#N)c(OC)n4)c3C)c2C)nc1OC. The molecule has 0 amide bonds. The van der Waals surface area contributed by atoms with Gasteiger partial charge in [-0.15, -0.1) is 0 Å². The third-order valence-corrected chi connectivity index (χ3v) is 12.8. The van der Waals surface area contributed by atoms with E-state index in [1.807, 2.05) is 66.7 Å². The van der Waals surface area contributed by atoms with Crippen molar-refractivity contribution in [3.05, 3.63) is 194 Å². The van der Waals surface area contributed by atoms with E-state index in [0.717, 1.165) is 77.9 Å². The second-order valence-corrected chi connectivity index (χ2v) is 17.2. The van der Waals surface area contributed by atoms with Gasteiger partial charge in [-0.1, -0.05) is 72.8 Å². The molecule has 16 nitrogen and oxygen atoms in total. The van der Waals surface area contributed by atoms with E-state index >= 15 is 0 Å². The minimum atomic E-state index is 0.237. The van der Waals surface area contributed by atoms with Gasteiger partial charge in [-0.25, -0.2) is 4.85 Å². The summed E-state index contributed by atoms with van der Waals surface area (Å²) in [6.45, 7) is 17.7. The number of methoxy groups -OCH3 is 4. The molecule has 8 aromatic rings. The lowest BCUT2D eigenvalue weighted by Crippen LogP contribution is -2.05. The van der Waals surface area contributed by atoms with Crippen molar-refractivity contribution in [3.63, 3.8) is 0 Å². The molecule has 4 heterocycles. The fourth-order valence-corrected chi connectivity index (χ4v) is 8.34. The largest absolute Gasteiger partial charge is 0.490 e. The standard InChI is InChI=1S/C30H26N4O4.C30H34N4O4/c1-19-22(17-37-27-14-12-21(16-31)29(33-27)35-4)8-6-10-24(19)25-11-7-9-23(20(25)2)18-38-28-15-13-26(32-3)30(34-28)36-5;1-19-23(17-37-27-13-11-21(15-31)29(33-27)35-3)7-5-9-25(19)26-10-6-8-24(20(26)2)18-38-28-14-12-22(16-32)30(34-28)36-4/h6-15H,17-18H2,1-2,4-5H3;5-14H,15-18,31-32H2,1-4H3. The average Bonchev–Trinajstić information content (AvgIpc) is 3.46. The Morgan fingerprint density at radius 2 is 0.737 bits per heavy atom. The number of pyridine rings is 4. The molecular formula is C60H60N8O8. The molecule has 388 valence electrons. The zero-order valence-electron chi connectivity index (χ0n) is 43.9. The van der Waals surface area contributed by atoms with Crippen molar-refractivity contribution in [1.82, 2.24) is 19.9 Å². The van der Waals surface area contributed by atoms with E-state index in [-0.39, 0.29) is 11.8 Å². The molecule has 0 aliphatic heterocycles. The Labute approximate surface area is 443 Å². The van der Waals surface area contributed by atoms with E-state index in [4.69, 9.17) is 61.2 Å². The highest BCUT2D eigenvalue weighted by atomic mass is 16.5. The third-order valence-electron chi connectivity index (χ3n) is 12.8. The van der Waals surface area contributed by atoms with E-state index in [1.165, 1.54) is 14.2 Å². The van der Waals surface area contributed by atoms with Gasteiger partial charge >= 0.3 is 0 Å². The summed E-state index contributed by atoms with van der Waals surface area (Å²) in [5.74, 6) is 3.20. The fourth-order valence-electron chi connectivity index (χ4n) is 8.34. The maximum atomic E-state index is 9.16. The van der Waals surface area contributed by atoms with Crippen LogP contribution in [0.25, 0.3) is 27.1 Å². The molecule has 0 saturated carbocycles. The van der Waals surface area contributed by atoms with Gasteiger partial charge in [-0.3, -0.25) is 0 Å². The average molecular weight is 1020 g/mol. The summed E-state index contributed by atoms with van der Waals surface area (Å²) in [5.41, 5.74) is 27.0. The first kappa shape index (κ1) is 54.6. The van der Waals surface area contributed by atoms with Crippen molar-refractivity contribution in [2.75, 3.05) is 28.4 Å². The second kappa shape index (κ2) is 26.1. The molecule has 0 bridgehead atoms. The molecular weight excluding hydrogens is 961 g/mol. The van der Waals surface area contributed by atoms with Crippen LogP contribution in [-0.2, 0) is 39.5 Å². The smallest absolute Gasteiger partial charge is 0.247 e. The van der Waals surface area contributed by atoms with Crippen LogP contribution in [0.3, 0.4) is 0 Å². The lowest BCUT2D eigenvalue weighted by atomic mass is 9.92. The van der Waals surface area contributed by atoms with Crippen LogP contribution in [0, 0.1) is 45.6 Å². The molecule has 0 atom stereocenters. The van der Waals surface area contributed by atoms with Crippen molar-refractivity contribution in [3.8, 4) is 75.4 Å². The van der Waals surface area contributed by atoms with E-state index in [2.05, 4.69) is 88.9 Å². The van der Waals surface area contributed by atoms with Gasteiger partial charge in [0.25, 0.3) is 0 Å².